The van der Waals surface area contributed by atoms with Crippen LogP contribution in [0.2, 0.25) is 0 Å². The normalized spacial score (nSPS) is 28.6. The van der Waals surface area contributed by atoms with Crippen LogP contribution in [0.3, 0.4) is 0 Å². The van der Waals surface area contributed by atoms with Crippen LogP contribution in [0.1, 0.15) is 44.9 Å². The van der Waals surface area contributed by atoms with Gasteiger partial charge in [0.1, 0.15) is 0 Å². The summed E-state index contributed by atoms with van der Waals surface area (Å²) in [6.07, 6.45) is 10.2. The molecule has 0 amide bonds. The van der Waals surface area contributed by atoms with Crippen LogP contribution in [0.4, 0.5) is 0 Å². The first-order valence-corrected chi connectivity index (χ1v) is 8.89. The van der Waals surface area contributed by atoms with Gasteiger partial charge in [0, 0.05) is 45.8 Å². The van der Waals surface area contributed by atoms with Gasteiger partial charge in [0.05, 0.1) is 0 Å². The van der Waals surface area contributed by atoms with Gasteiger partial charge in [-0.3, -0.25) is 0 Å². The molecule has 1 heterocycles. The van der Waals surface area contributed by atoms with Crippen molar-refractivity contribution in [1.82, 2.24) is 15.1 Å². The van der Waals surface area contributed by atoms with Gasteiger partial charge < -0.3 is 15.1 Å². The van der Waals surface area contributed by atoms with Crippen molar-refractivity contribution in [1.29, 1.82) is 0 Å². The molecule has 0 aromatic rings. The molecule has 2 saturated carbocycles. The predicted octanol–water partition coefficient (Wildman–Crippen LogP) is 2.18. The first-order chi connectivity index (χ1) is 9.80. The summed E-state index contributed by atoms with van der Waals surface area (Å²) in [6, 6.07) is 0. The number of hydrogen-bond donors (Lipinski definition) is 1. The molecule has 20 heavy (non-hydrogen) atoms. The molecule has 0 spiro atoms. The van der Waals surface area contributed by atoms with Gasteiger partial charge in [0.2, 0.25) is 0 Å². The quantitative estimate of drug-likeness (QED) is 0.804. The fourth-order valence-electron chi connectivity index (χ4n) is 4.34. The summed E-state index contributed by atoms with van der Waals surface area (Å²) in [5.74, 6) is 1.05. The molecule has 3 rings (SSSR count). The van der Waals surface area contributed by atoms with E-state index in [1.165, 1.54) is 90.8 Å². The lowest BCUT2D eigenvalue weighted by Crippen LogP contribution is -2.52. The van der Waals surface area contributed by atoms with E-state index < -0.39 is 0 Å². The smallest absolute Gasteiger partial charge is 0.0110 e. The number of hydrogen-bond acceptors (Lipinski definition) is 3. The van der Waals surface area contributed by atoms with E-state index in [0.29, 0.717) is 5.41 Å². The molecule has 0 radical (unpaired) electrons. The van der Waals surface area contributed by atoms with Gasteiger partial charge >= 0.3 is 0 Å². The Bertz CT molecular complexity index is 281. The summed E-state index contributed by atoms with van der Waals surface area (Å²) < 4.78 is 0. The Morgan fingerprint density at radius 2 is 1.60 bits per heavy atom. The van der Waals surface area contributed by atoms with Crippen LogP contribution in [-0.4, -0.2) is 62.7 Å². The van der Waals surface area contributed by atoms with Crippen LogP contribution in [0.15, 0.2) is 0 Å². The molecular formula is C17H33N3. The first-order valence-electron chi connectivity index (χ1n) is 8.89. The average Bonchev–Trinajstić information content (AvgIpc) is 3.26. The lowest BCUT2D eigenvalue weighted by atomic mass is 9.73. The zero-order valence-electron chi connectivity index (χ0n) is 13.4. The third-order valence-corrected chi connectivity index (χ3v) is 5.70. The molecule has 0 aromatic carbocycles. The lowest BCUT2D eigenvalue weighted by molar-refractivity contribution is 0.0617. The summed E-state index contributed by atoms with van der Waals surface area (Å²) in [6.45, 7) is 9.17. The first kappa shape index (κ1) is 14.8. The Kier molecular flexibility index (Phi) is 5.00. The topological polar surface area (TPSA) is 18.5 Å². The van der Waals surface area contributed by atoms with Gasteiger partial charge in [-0.25, -0.2) is 0 Å². The summed E-state index contributed by atoms with van der Waals surface area (Å²) in [5, 5.41) is 3.47. The molecule has 1 saturated heterocycles. The monoisotopic (exact) mass is 279 g/mol. The van der Waals surface area contributed by atoms with E-state index in [1.54, 1.807) is 0 Å². The Morgan fingerprint density at radius 3 is 2.20 bits per heavy atom. The second-order valence-corrected chi connectivity index (χ2v) is 7.61. The molecule has 116 valence electrons. The zero-order chi connectivity index (χ0) is 13.8. The van der Waals surface area contributed by atoms with Gasteiger partial charge in [-0.2, -0.15) is 0 Å². The summed E-state index contributed by atoms with van der Waals surface area (Å²) in [4.78, 5) is 5.46. The van der Waals surface area contributed by atoms with E-state index in [-0.39, 0.29) is 0 Å². The van der Waals surface area contributed by atoms with Crippen molar-refractivity contribution in [2.24, 2.45) is 11.3 Å². The molecule has 0 unspecified atom stereocenters. The maximum Gasteiger partial charge on any atom is 0.0110 e. The SMILES string of the molecule is CNCC1(CN2CCN(CC3CC3)CC2)CCCCC1. The molecule has 3 heteroatoms. The van der Waals surface area contributed by atoms with Crippen molar-refractivity contribution >= 4 is 0 Å². The highest BCUT2D eigenvalue weighted by Crippen LogP contribution is 2.37. The lowest BCUT2D eigenvalue weighted by Gasteiger charge is -2.44. The fraction of sp³-hybridized carbons (Fsp3) is 1.00. The van der Waals surface area contributed by atoms with Crippen molar-refractivity contribution in [2.45, 2.75) is 44.9 Å². The summed E-state index contributed by atoms with van der Waals surface area (Å²) in [5.41, 5.74) is 0.575. The maximum absolute atomic E-state index is 3.47. The molecule has 0 aromatic heterocycles. The van der Waals surface area contributed by atoms with E-state index in [4.69, 9.17) is 0 Å². The highest BCUT2D eigenvalue weighted by Gasteiger charge is 2.34. The number of piperazine rings is 1. The van der Waals surface area contributed by atoms with Gasteiger partial charge in [-0.1, -0.05) is 19.3 Å². The molecule has 3 fully saturated rings. The van der Waals surface area contributed by atoms with E-state index in [2.05, 4.69) is 22.2 Å². The Balaban J connectivity index is 1.46. The standard InChI is InChI=1S/C17H33N3/c1-18-14-17(7-3-2-4-8-17)15-20-11-9-19(10-12-20)13-16-5-6-16/h16,18H,2-15H2,1H3. The van der Waals surface area contributed by atoms with Crippen LogP contribution < -0.4 is 5.32 Å². The molecular weight excluding hydrogens is 246 g/mol. The molecule has 0 bridgehead atoms. The second kappa shape index (κ2) is 6.76. The van der Waals surface area contributed by atoms with Gasteiger partial charge in [0.25, 0.3) is 0 Å². The summed E-state index contributed by atoms with van der Waals surface area (Å²) >= 11 is 0. The average molecular weight is 279 g/mol. The van der Waals surface area contributed by atoms with Crippen molar-refractivity contribution in [3.63, 3.8) is 0 Å². The van der Waals surface area contributed by atoms with Crippen LogP contribution >= 0.6 is 0 Å². The zero-order valence-corrected chi connectivity index (χ0v) is 13.4. The molecule has 3 aliphatic rings. The van der Waals surface area contributed by atoms with Gasteiger partial charge in [0.15, 0.2) is 0 Å². The van der Waals surface area contributed by atoms with Crippen LogP contribution in [0.25, 0.3) is 0 Å². The third kappa shape index (κ3) is 3.96. The summed E-state index contributed by atoms with van der Waals surface area (Å²) in [7, 11) is 2.13. The van der Waals surface area contributed by atoms with E-state index >= 15 is 0 Å². The minimum atomic E-state index is 0.575. The van der Waals surface area contributed by atoms with Crippen LogP contribution in [0, 0.1) is 11.3 Å². The number of rotatable bonds is 6. The van der Waals surface area contributed by atoms with Crippen molar-refractivity contribution in [3.05, 3.63) is 0 Å². The van der Waals surface area contributed by atoms with E-state index in [9.17, 15) is 0 Å². The Hall–Kier alpha value is -0.120. The van der Waals surface area contributed by atoms with Crippen LogP contribution in [-0.2, 0) is 0 Å². The Morgan fingerprint density at radius 1 is 0.950 bits per heavy atom. The number of nitrogens with zero attached hydrogens (tertiary/aromatic N) is 2. The highest BCUT2D eigenvalue weighted by molar-refractivity contribution is 4.89. The highest BCUT2D eigenvalue weighted by atomic mass is 15.3. The van der Waals surface area contributed by atoms with Gasteiger partial charge in [-0.15, -0.1) is 0 Å². The molecule has 3 nitrogen and oxygen atoms in total. The largest absolute Gasteiger partial charge is 0.319 e. The van der Waals surface area contributed by atoms with Gasteiger partial charge in [-0.05, 0) is 44.1 Å². The maximum atomic E-state index is 3.47. The van der Waals surface area contributed by atoms with Crippen molar-refractivity contribution < 1.29 is 0 Å². The van der Waals surface area contributed by atoms with Crippen molar-refractivity contribution in [3.8, 4) is 0 Å². The Labute approximate surface area is 125 Å². The minimum Gasteiger partial charge on any atom is -0.319 e. The van der Waals surface area contributed by atoms with E-state index in [1.807, 2.05) is 0 Å². The second-order valence-electron chi connectivity index (χ2n) is 7.61. The van der Waals surface area contributed by atoms with Crippen molar-refractivity contribution in [2.75, 3.05) is 52.9 Å². The third-order valence-electron chi connectivity index (χ3n) is 5.70. The predicted molar refractivity (Wildman–Crippen MR) is 85.0 cm³/mol. The van der Waals surface area contributed by atoms with Crippen LogP contribution in [0.5, 0.6) is 0 Å². The minimum absolute atomic E-state index is 0.575. The molecule has 0 atom stereocenters. The fourth-order valence-corrected chi connectivity index (χ4v) is 4.34. The molecule has 2 aliphatic carbocycles. The number of nitrogens with one attached hydrogen (secondary N) is 1. The van der Waals surface area contributed by atoms with E-state index in [0.717, 1.165) is 5.92 Å². The molecule has 1 aliphatic heterocycles. The molecule has 1 N–H and O–H groups in total.